The fourth-order valence-corrected chi connectivity index (χ4v) is 3.27. The molecule has 0 radical (unpaired) electrons. The van der Waals surface area contributed by atoms with Crippen molar-refractivity contribution in [3.63, 3.8) is 0 Å². The minimum atomic E-state index is -1.22. The summed E-state index contributed by atoms with van der Waals surface area (Å²) in [6.07, 6.45) is 0.0810. The van der Waals surface area contributed by atoms with Crippen LogP contribution < -0.4 is 0 Å². The summed E-state index contributed by atoms with van der Waals surface area (Å²) in [5, 5.41) is 9.53. The quantitative estimate of drug-likeness (QED) is 0.609. The normalized spacial score (nSPS) is 14.7. The zero-order valence-electron chi connectivity index (χ0n) is 11.9. The van der Waals surface area contributed by atoms with E-state index in [4.69, 9.17) is 0 Å². The van der Waals surface area contributed by atoms with Crippen LogP contribution in [-0.2, 0) is 11.2 Å². The van der Waals surface area contributed by atoms with Gasteiger partial charge in [-0.05, 0) is 52.4 Å². The number of carbonyl (C=O) groups is 3. The third-order valence-electron chi connectivity index (χ3n) is 3.74. The average molecular weight is 421 g/mol. The molecule has 116 valence electrons. The van der Waals surface area contributed by atoms with Gasteiger partial charge in [0.05, 0.1) is 11.1 Å². The van der Waals surface area contributed by atoms with Gasteiger partial charge >= 0.3 is 5.97 Å². The van der Waals surface area contributed by atoms with E-state index >= 15 is 0 Å². The monoisotopic (exact) mass is 421 g/mol. The van der Waals surface area contributed by atoms with Crippen molar-refractivity contribution in [2.45, 2.75) is 12.5 Å². The number of rotatable bonds is 4. The van der Waals surface area contributed by atoms with Crippen LogP contribution in [0.2, 0.25) is 0 Å². The van der Waals surface area contributed by atoms with Gasteiger partial charge < -0.3 is 5.11 Å². The van der Waals surface area contributed by atoms with Gasteiger partial charge in [-0.3, -0.25) is 14.5 Å². The Bertz CT molecular complexity index is 783. The second kappa shape index (κ2) is 6.11. The predicted molar refractivity (Wildman–Crippen MR) is 91.2 cm³/mol. The maximum atomic E-state index is 12.5. The van der Waals surface area contributed by atoms with Crippen LogP contribution in [0.4, 0.5) is 0 Å². The van der Waals surface area contributed by atoms with Gasteiger partial charge in [-0.25, -0.2) is 4.79 Å². The van der Waals surface area contributed by atoms with Crippen molar-refractivity contribution in [2.75, 3.05) is 0 Å². The number of nitrogens with zero attached hydrogens (tertiary/aromatic N) is 1. The van der Waals surface area contributed by atoms with Gasteiger partial charge in [-0.1, -0.05) is 24.3 Å². The Balaban J connectivity index is 1.95. The van der Waals surface area contributed by atoms with Gasteiger partial charge in [0.2, 0.25) is 0 Å². The Morgan fingerprint density at radius 2 is 1.65 bits per heavy atom. The molecule has 0 aromatic heterocycles. The first-order valence-electron chi connectivity index (χ1n) is 6.93. The Labute approximate surface area is 146 Å². The van der Waals surface area contributed by atoms with E-state index < -0.39 is 23.8 Å². The molecule has 0 spiro atoms. The van der Waals surface area contributed by atoms with Crippen LogP contribution in [0.5, 0.6) is 0 Å². The molecule has 0 aliphatic carbocycles. The number of aliphatic carboxylic acids is 1. The molecule has 1 N–H and O–H groups in total. The molecule has 5 nitrogen and oxygen atoms in total. The molecule has 1 heterocycles. The summed E-state index contributed by atoms with van der Waals surface area (Å²) >= 11 is 2.13. The lowest BCUT2D eigenvalue weighted by molar-refractivity contribution is -0.141. The number of carboxylic acids is 1. The van der Waals surface area contributed by atoms with Crippen LogP contribution in [-0.4, -0.2) is 33.8 Å². The molecule has 0 unspecified atom stereocenters. The van der Waals surface area contributed by atoms with Crippen LogP contribution in [0, 0.1) is 3.57 Å². The fourth-order valence-electron chi connectivity index (χ4n) is 2.67. The lowest BCUT2D eigenvalue weighted by Crippen LogP contribution is -2.46. The van der Waals surface area contributed by atoms with Crippen molar-refractivity contribution in [3.8, 4) is 0 Å². The summed E-state index contributed by atoms with van der Waals surface area (Å²) in [4.78, 5) is 37.4. The smallest absolute Gasteiger partial charge is 0.327 e. The van der Waals surface area contributed by atoms with Gasteiger partial charge in [0.1, 0.15) is 6.04 Å². The van der Waals surface area contributed by atoms with Gasteiger partial charge in [0.15, 0.2) is 0 Å². The number of carbonyl (C=O) groups excluding carboxylic acids is 2. The van der Waals surface area contributed by atoms with Crippen LogP contribution in [0.15, 0.2) is 48.5 Å². The molecule has 1 aliphatic heterocycles. The molecule has 1 atom stereocenters. The summed E-state index contributed by atoms with van der Waals surface area (Å²) in [5.74, 6) is -2.30. The molecule has 6 heteroatoms. The molecule has 0 saturated carbocycles. The van der Waals surface area contributed by atoms with E-state index in [-0.39, 0.29) is 17.5 Å². The maximum Gasteiger partial charge on any atom is 0.327 e. The number of hydrogen-bond acceptors (Lipinski definition) is 3. The predicted octanol–water partition coefficient (Wildman–Crippen LogP) is 2.58. The van der Waals surface area contributed by atoms with Crippen molar-refractivity contribution in [3.05, 3.63) is 68.8 Å². The van der Waals surface area contributed by atoms with Crippen molar-refractivity contribution >= 4 is 40.4 Å². The van der Waals surface area contributed by atoms with E-state index in [9.17, 15) is 19.5 Å². The Morgan fingerprint density at radius 3 is 2.17 bits per heavy atom. The number of halogens is 1. The maximum absolute atomic E-state index is 12.5. The number of imide groups is 1. The van der Waals surface area contributed by atoms with Crippen LogP contribution >= 0.6 is 22.6 Å². The van der Waals surface area contributed by atoms with E-state index in [1.807, 2.05) is 18.2 Å². The number of carboxylic acid groups (broad SMARTS) is 1. The lowest BCUT2D eigenvalue weighted by atomic mass is 10.0. The minimum absolute atomic E-state index is 0.0810. The highest BCUT2D eigenvalue weighted by Gasteiger charge is 2.42. The first-order chi connectivity index (χ1) is 11.0. The summed E-state index contributed by atoms with van der Waals surface area (Å²) in [6.45, 7) is 0. The van der Waals surface area contributed by atoms with Crippen molar-refractivity contribution < 1.29 is 19.5 Å². The topological polar surface area (TPSA) is 74.7 Å². The molecule has 1 aliphatic rings. The summed E-state index contributed by atoms with van der Waals surface area (Å²) in [6, 6.07) is 12.5. The minimum Gasteiger partial charge on any atom is -0.480 e. The van der Waals surface area contributed by atoms with E-state index in [0.717, 1.165) is 14.0 Å². The first-order valence-corrected chi connectivity index (χ1v) is 8.01. The molecular formula is C17H12INO4. The molecule has 2 amide bonds. The molecular weight excluding hydrogens is 409 g/mol. The van der Waals surface area contributed by atoms with E-state index in [0.29, 0.717) is 0 Å². The third kappa shape index (κ3) is 2.86. The van der Waals surface area contributed by atoms with Gasteiger partial charge in [-0.15, -0.1) is 0 Å². The van der Waals surface area contributed by atoms with E-state index in [1.54, 1.807) is 30.3 Å². The number of hydrogen-bond donors (Lipinski definition) is 1. The second-order valence-corrected chi connectivity index (χ2v) is 6.46. The van der Waals surface area contributed by atoms with E-state index in [1.165, 1.54) is 0 Å². The Hall–Kier alpha value is -2.22. The van der Waals surface area contributed by atoms with Crippen LogP contribution in [0.25, 0.3) is 0 Å². The standard InChI is InChI=1S/C17H12INO4/c18-11-5-3-4-10(8-11)9-14(17(22)23)19-15(20)12-6-1-2-7-13(12)16(19)21/h1-8,14H,9H2,(H,22,23)/t14-/m0/s1. The second-order valence-electron chi connectivity index (χ2n) is 5.21. The highest BCUT2D eigenvalue weighted by Crippen LogP contribution is 2.26. The SMILES string of the molecule is O=C(O)[C@H](Cc1cccc(I)c1)N1C(=O)c2ccccc2C1=O. The molecule has 2 aromatic rings. The number of benzene rings is 2. The molecule has 0 saturated heterocycles. The summed E-state index contributed by atoms with van der Waals surface area (Å²) < 4.78 is 0.964. The molecule has 23 heavy (non-hydrogen) atoms. The first kappa shape index (κ1) is 15.7. The molecule has 3 rings (SSSR count). The van der Waals surface area contributed by atoms with Gasteiger partial charge in [-0.2, -0.15) is 0 Å². The van der Waals surface area contributed by atoms with Crippen molar-refractivity contribution in [1.82, 2.24) is 4.90 Å². The van der Waals surface area contributed by atoms with Crippen LogP contribution in [0.1, 0.15) is 26.3 Å². The Kier molecular flexibility index (Phi) is 4.16. The Morgan fingerprint density at radius 1 is 1.04 bits per heavy atom. The lowest BCUT2D eigenvalue weighted by Gasteiger charge is -2.22. The van der Waals surface area contributed by atoms with Gasteiger partial charge in [0.25, 0.3) is 11.8 Å². The van der Waals surface area contributed by atoms with Crippen molar-refractivity contribution in [1.29, 1.82) is 0 Å². The summed E-state index contributed by atoms with van der Waals surface area (Å²) in [7, 11) is 0. The summed E-state index contributed by atoms with van der Waals surface area (Å²) in [5.41, 5.74) is 1.28. The number of fused-ring (bicyclic) bond motifs is 1. The number of amides is 2. The molecule has 0 bridgehead atoms. The highest BCUT2D eigenvalue weighted by atomic mass is 127. The molecule has 2 aromatic carbocycles. The fraction of sp³-hybridized carbons (Fsp3) is 0.118. The zero-order chi connectivity index (χ0) is 16.6. The van der Waals surface area contributed by atoms with Crippen molar-refractivity contribution in [2.24, 2.45) is 0 Å². The largest absolute Gasteiger partial charge is 0.480 e. The van der Waals surface area contributed by atoms with Crippen LogP contribution in [0.3, 0.4) is 0 Å². The highest BCUT2D eigenvalue weighted by molar-refractivity contribution is 14.1. The molecule has 0 fully saturated rings. The average Bonchev–Trinajstić information content (AvgIpc) is 2.77. The zero-order valence-corrected chi connectivity index (χ0v) is 14.1. The third-order valence-corrected chi connectivity index (χ3v) is 4.41. The van der Waals surface area contributed by atoms with E-state index in [2.05, 4.69) is 22.6 Å². The van der Waals surface area contributed by atoms with Gasteiger partial charge in [0, 0.05) is 9.99 Å².